The molecule has 0 aromatic heterocycles. The normalized spacial score (nSPS) is 19.3. The first-order valence-electron chi connectivity index (χ1n) is 8.21. The number of carbonyl (C=O) groups excluding carboxylic acids is 2. The zero-order valence-electron chi connectivity index (χ0n) is 14.8. The van der Waals surface area contributed by atoms with E-state index in [1.807, 2.05) is 0 Å². The van der Waals surface area contributed by atoms with Crippen LogP contribution in [0.1, 0.15) is 12.5 Å². The number of nitrogens with zero attached hydrogens (tertiary/aromatic N) is 1. The van der Waals surface area contributed by atoms with Gasteiger partial charge in [-0.2, -0.15) is 0 Å². The Morgan fingerprint density at radius 1 is 1.15 bits per heavy atom. The number of nitrogens with one attached hydrogen (secondary N) is 1. The van der Waals surface area contributed by atoms with E-state index in [0.29, 0.717) is 27.1 Å². The van der Waals surface area contributed by atoms with Gasteiger partial charge >= 0.3 is 6.03 Å². The average molecular weight is 425 g/mol. The summed E-state index contributed by atoms with van der Waals surface area (Å²) in [6.45, 7) is 1.97. The molecule has 3 amide bonds. The van der Waals surface area contributed by atoms with Crippen molar-refractivity contribution in [2.75, 3.05) is 19.4 Å². The molecule has 5 nitrogen and oxygen atoms in total. The van der Waals surface area contributed by atoms with E-state index in [9.17, 15) is 9.59 Å². The molecule has 0 unspecified atom stereocenters. The van der Waals surface area contributed by atoms with Crippen molar-refractivity contribution in [1.82, 2.24) is 10.2 Å². The molecule has 142 valence electrons. The van der Waals surface area contributed by atoms with Crippen LogP contribution in [0, 0.1) is 0 Å². The summed E-state index contributed by atoms with van der Waals surface area (Å²) < 4.78 is 5.14. The smallest absolute Gasteiger partial charge is 0.325 e. The second kappa shape index (κ2) is 8.00. The summed E-state index contributed by atoms with van der Waals surface area (Å²) in [6.07, 6.45) is 0. The number of thioether (sulfide) groups is 1. The predicted octanol–water partition coefficient (Wildman–Crippen LogP) is 4.56. The molecule has 0 spiro atoms. The van der Waals surface area contributed by atoms with Gasteiger partial charge in [0, 0.05) is 22.2 Å². The molecule has 2 aromatic rings. The molecule has 1 heterocycles. The third-order valence-corrected chi connectivity index (χ3v) is 6.12. The minimum atomic E-state index is -1.10. The summed E-state index contributed by atoms with van der Waals surface area (Å²) >= 11 is 13.6. The lowest BCUT2D eigenvalue weighted by molar-refractivity contribution is -0.130. The van der Waals surface area contributed by atoms with Crippen molar-refractivity contribution in [2.24, 2.45) is 0 Å². The van der Waals surface area contributed by atoms with E-state index in [1.54, 1.807) is 56.5 Å². The number of halogens is 2. The maximum Gasteiger partial charge on any atom is 0.325 e. The van der Waals surface area contributed by atoms with Crippen LogP contribution in [0.5, 0.6) is 5.75 Å². The first kappa shape index (κ1) is 19.9. The van der Waals surface area contributed by atoms with Gasteiger partial charge in [-0.05, 0) is 42.8 Å². The SMILES string of the molecule is COc1ccc([C@]2(C)NC(=O)N(CCSc3cc(Cl)ccc3Cl)C2=O)cc1. The molecule has 1 fully saturated rings. The molecule has 1 N–H and O–H groups in total. The Kier molecular flexibility index (Phi) is 5.89. The molecule has 0 radical (unpaired) electrons. The number of ether oxygens (including phenoxy) is 1. The number of carbonyl (C=O) groups is 2. The zero-order chi connectivity index (χ0) is 19.6. The minimum absolute atomic E-state index is 0.268. The topological polar surface area (TPSA) is 58.6 Å². The lowest BCUT2D eigenvalue weighted by atomic mass is 9.92. The van der Waals surface area contributed by atoms with Crippen LogP contribution >= 0.6 is 35.0 Å². The second-order valence-corrected chi connectivity index (χ2v) is 8.14. The van der Waals surface area contributed by atoms with Crippen LogP contribution < -0.4 is 10.1 Å². The van der Waals surface area contributed by atoms with Crippen LogP contribution in [0.25, 0.3) is 0 Å². The molecular formula is C19H18Cl2N2O3S. The van der Waals surface area contributed by atoms with Gasteiger partial charge in [-0.3, -0.25) is 9.69 Å². The molecule has 1 aliphatic rings. The van der Waals surface area contributed by atoms with Crippen LogP contribution in [0.15, 0.2) is 47.4 Å². The molecule has 1 atom stereocenters. The lowest BCUT2D eigenvalue weighted by Gasteiger charge is -2.22. The van der Waals surface area contributed by atoms with E-state index >= 15 is 0 Å². The van der Waals surface area contributed by atoms with E-state index < -0.39 is 11.6 Å². The van der Waals surface area contributed by atoms with E-state index in [-0.39, 0.29) is 12.5 Å². The maximum atomic E-state index is 12.9. The van der Waals surface area contributed by atoms with Gasteiger partial charge in [0.25, 0.3) is 5.91 Å². The van der Waals surface area contributed by atoms with E-state index in [0.717, 1.165) is 4.90 Å². The molecule has 1 saturated heterocycles. The molecular weight excluding hydrogens is 407 g/mol. The first-order chi connectivity index (χ1) is 12.8. The zero-order valence-corrected chi connectivity index (χ0v) is 17.1. The summed E-state index contributed by atoms with van der Waals surface area (Å²) in [5.74, 6) is 0.916. The van der Waals surface area contributed by atoms with Crippen molar-refractivity contribution >= 4 is 46.9 Å². The van der Waals surface area contributed by atoms with Gasteiger partial charge in [0.2, 0.25) is 0 Å². The molecule has 2 aromatic carbocycles. The number of benzene rings is 2. The third-order valence-electron chi connectivity index (χ3n) is 4.41. The van der Waals surface area contributed by atoms with E-state index in [1.165, 1.54) is 16.7 Å². The fraction of sp³-hybridized carbons (Fsp3) is 0.263. The highest BCUT2D eigenvalue weighted by Gasteiger charge is 2.48. The minimum Gasteiger partial charge on any atom is -0.497 e. The summed E-state index contributed by atoms with van der Waals surface area (Å²) in [5, 5.41) is 3.97. The van der Waals surface area contributed by atoms with Gasteiger partial charge in [0.1, 0.15) is 11.3 Å². The fourth-order valence-electron chi connectivity index (χ4n) is 2.85. The Morgan fingerprint density at radius 2 is 1.85 bits per heavy atom. The summed E-state index contributed by atoms with van der Waals surface area (Å²) in [7, 11) is 1.57. The Morgan fingerprint density at radius 3 is 2.52 bits per heavy atom. The van der Waals surface area contributed by atoms with Crippen molar-refractivity contribution in [2.45, 2.75) is 17.4 Å². The largest absolute Gasteiger partial charge is 0.497 e. The second-order valence-electron chi connectivity index (χ2n) is 6.16. The third kappa shape index (κ3) is 4.03. The monoisotopic (exact) mass is 424 g/mol. The molecule has 0 bridgehead atoms. The van der Waals surface area contributed by atoms with Crippen LogP contribution in [0.4, 0.5) is 4.79 Å². The quantitative estimate of drug-likeness (QED) is 0.545. The molecule has 8 heteroatoms. The highest BCUT2D eigenvalue weighted by Crippen LogP contribution is 2.32. The number of hydrogen-bond acceptors (Lipinski definition) is 4. The van der Waals surface area contributed by atoms with Crippen molar-refractivity contribution in [3.63, 3.8) is 0 Å². The van der Waals surface area contributed by atoms with Gasteiger partial charge in [0.05, 0.1) is 12.1 Å². The number of amides is 3. The molecule has 0 aliphatic carbocycles. The van der Waals surface area contributed by atoms with Crippen molar-refractivity contribution < 1.29 is 14.3 Å². The highest BCUT2D eigenvalue weighted by atomic mass is 35.5. The molecule has 3 rings (SSSR count). The van der Waals surface area contributed by atoms with Crippen LogP contribution in [0.3, 0.4) is 0 Å². The Balaban J connectivity index is 1.69. The van der Waals surface area contributed by atoms with E-state index in [4.69, 9.17) is 27.9 Å². The van der Waals surface area contributed by atoms with Gasteiger partial charge in [-0.1, -0.05) is 35.3 Å². The van der Waals surface area contributed by atoms with Gasteiger partial charge in [-0.15, -0.1) is 11.8 Å². The number of hydrogen-bond donors (Lipinski definition) is 1. The van der Waals surface area contributed by atoms with Gasteiger partial charge in [-0.25, -0.2) is 4.79 Å². The number of imide groups is 1. The molecule has 0 saturated carbocycles. The van der Waals surface area contributed by atoms with Crippen molar-refractivity contribution in [3.05, 3.63) is 58.1 Å². The van der Waals surface area contributed by atoms with E-state index in [2.05, 4.69) is 5.32 Å². The molecule has 1 aliphatic heterocycles. The van der Waals surface area contributed by atoms with Crippen LogP contribution in [0.2, 0.25) is 10.0 Å². The van der Waals surface area contributed by atoms with Gasteiger partial charge in [0.15, 0.2) is 0 Å². The highest BCUT2D eigenvalue weighted by molar-refractivity contribution is 7.99. The van der Waals surface area contributed by atoms with Crippen molar-refractivity contribution in [3.8, 4) is 5.75 Å². The van der Waals surface area contributed by atoms with Crippen LogP contribution in [-0.2, 0) is 10.3 Å². The predicted molar refractivity (Wildman–Crippen MR) is 108 cm³/mol. The number of urea groups is 1. The number of methoxy groups -OCH3 is 1. The summed E-state index contributed by atoms with van der Waals surface area (Å²) in [4.78, 5) is 27.3. The van der Waals surface area contributed by atoms with Crippen molar-refractivity contribution in [1.29, 1.82) is 0 Å². The average Bonchev–Trinajstić information content (AvgIpc) is 2.88. The molecule has 27 heavy (non-hydrogen) atoms. The Labute approximate surface area is 172 Å². The standard InChI is InChI=1S/C19H18Cl2N2O3S/c1-19(12-3-6-14(26-2)7-4-12)17(24)23(18(25)22-19)9-10-27-16-11-13(20)5-8-15(16)21/h3-8,11H,9-10H2,1-2H3,(H,22,25)/t19-/m0/s1. The van der Waals surface area contributed by atoms with Crippen LogP contribution in [-0.4, -0.2) is 36.2 Å². The summed E-state index contributed by atoms with van der Waals surface area (Å²) in [5.41, 5.74) is -0.392. The Hall–Kier alpha value is -1.89. The first-order valence-corrected chi connectivity index (χ1v) is 9.96. The van der Waals surface area contributed by atoms with Gasteiger partial charge < -0.3 is 10.1 Å². The maximum absolute atomic E-state index is 12.9. The summed E-state index contributed by atoms with van der Waals surface area (Å²) in [6, 6.07) is 11.9. The Bertz CT molecular complexity index is 876. The lowest BCUT2D eigenvalue weighted by Crippen LogP contribution is -2.41. The fourth-order valence-corrected chi connectivity index (χ4v) is 4.28. The number of rotatable bonds is 6.